The monoisotopic (exact) mass is 309 g/mol. The highest BCUT2D eigenvalue weighted by atomic mass is 79.9. The fourth-order valence-corrected chi connectivity index (χ4v) is 3.77. The van der Waals surface area contributed by atoms with Crippen molar-refractivity contribution in [3.05, 3.63) is 28.7 Å². The van der Waals surface area contributed by atoms with Crippen LogP contribution in [0.3, 0.4) is 0 Å². The van der Waals surface area contributed by atoms with Crippen molar-refractivity contribution in [1.29, 1.82) is 0 Å². The zero-order valence-corrected chi connectivity index (χ0v) is 12.4. The van der Waals surface area contributed by atoms with Crippen molar-refractivity contribution in [3.8, 4) is 5.75 Å². The van der Waals surface area contributed by atoms with Gasteiger partial charge in [0.1, 0.15) is 11.9 Å². The van der Waals surface area contributed by atoms with Crippen LogP contribution in [0.4, 0.5) is 0 Å². The van der Waals surface area contributed by atoms with E-state index in [1.165, 1.54) is 32.1 Å². The third-order valence-corrected chi connectivity index (χ3v) is 4.89. The summed E-state index contributed by atoms with van der Waals surface area (Å²) in [5.74, 6) is 0.997. The van der Waals surface area contributed by atoms with Crippen LogP contribution in [0.15, 0.2) is 28.7 Å². The van der Waals surface area contributed by atoms with Crippen LogP contribution in [0, 0.1) is 0 Å². The van der Waals surface area contributed by atoms with Crippen molar-refractivity contribution in [1.82, 2.24) is 4.90 Å². The molecule has 0 saturated carbocycles. The van der Waals surface area contributed by atoms with Gasteiger partial charge in [-0.3, -0.25) is 0 Å². The molecule has 2 saturated heterocycles. The number of rotatable bonds is 2. The molecule has 0 aromatic heterocycles. The van der Waals surface area contributed by atoms with Gasteiger partial charge in [-0.25, -0.2) is 0 Å². The van der Waals surface area contributed by atoms with Crippen molar-refractivity contribution in [2.24, 2.45) is 0 Å². The van der Waals surface area contributed by atoms with Crippen molar-refractivity contribution in [3.63, 3.8) is 0 Å². The summed E-state index contributed by atoms with van der Waals surface area (Å²) in [7, 11) is 2.28. The van der Waals surface area contributed by atoms with E-state index in [1.54, 1.807) is 0 Å². The third kappa shape index (κ3) is 2.57. The van der Waals surface area contributed by atoms with Gasteiger partial charge < -0.3 is 9.64 Å². The lowest BCUT2D eigenvalue weighted by molar-refractivity contribution is 0.000123. The average molecular weight is 310 g/mol. The van der Waals surface area contributed by atoms with Gasteiger partial charge >= 0.3 is 0 Å². The van der Waals surface area contributed by atoms with Gasteiger partial charge in [0.05, 0.1) is 0 Å². The van der Waals surface area contributed by atoms with Crippen LogP contribution in [0.2, 0.25) is 0 Å². The molecule has 2 aliphatic heterocycles. The number of hydrogen-bond donors (Lipinski definition) is 0. The predicted octanol–water partition coefficient (Wildman–Crippen LogP) is 3.84. The van der Waals surface area contributed by atoms with Crippen LogP contribution in [-0.2, 0) is 0 Å². The van der Waals surface area contributed by atoms with Gasteiger partial charge in [0.2, 0.25) is 0 Å². The number of nitrogens with zero attached hydrogens (tertiary/aromatic N) is 1. The molecule has 0 spiro atoms. The first-order valence-electron chi connectivity index (χ1n) is 6.86. The minimum atomic E-state index is 0.394. The molecule has 1 unspecified atom stereocenters. The van der Waals surface area contributed by atoms with Crippen LogP contribution < -0.4 is 4.74 Å². The van der Waals surface area contributed by atoms with E-state index in [4.69, 9.17) is 4.74 Å². The Balaban J connectivity index is 1.68. The summed E-state index contributed by atoms with van der Waals surface area (Å²) in [5.41, 5.74) is 0. The second-order valence-corrected chi connectivity index (χ2v) is 6.49. The largest absolute Gasteiger partial charge is 0.490 e. The lowest BCUT2D eigenvalue weighted by Gasteiger charge is -2.46. The molecule has 0 aliphatic carbocycles. The summed E-state index contributed by atoms with van der Waals surface area (Å²) in [4.78, 5) is 2.57. The van der Waals surface area contributed by atoms with Gasteiger partial charge in [0.15, 0.2) is 0 Å². The maximum Gasteiger partial charge on any atom is 0.120 e. The maximum atomic E-state index is 6.16. The van der Waals surface area contributed by atoms with E-state index in [-0.39, 0.29) is 0 Å². The van der Waals surface area contributed by atoms with Gasteiger partial charge in [0, 0.05) is 16.6 Å². The molecule has 2 bridgehead atoms. The van der Waals surface area contributed by atoms with Gasteiger partial charge in [-0.15, -0.1) is 0 Å². The Kier molecular flexibility index (Phi) is 3.62. The topological polar surface area (TPSA) is 12.5 Å². The standard InChI is InChI=1S/C15H20BrNO/c1-17-12-5-3-6-13(17)10-15(9-12)18-14-7-2-4-11(16)8-14/h2,4,7-8,12-13,15H,3,5-6,9-10H2,1H3/t12-,13+,15?. The molecule has 18 heavy (non-hydrogen) atoms. The second-order valence-electron chi connectivity index (χ2n) is 5.57. The molecular weight excluding hydrogens is 290 g/mol. The minimum absolute atomic E-state index is 0.394. The van der Waals surface area contributed by atoms with Gasteiger partial charge in [-0.05, 0) is 50.9 Å². The van der Waals surface area contributed by atoms with Crippen LogP contribution in [0.25, 0.3) is 0 Å². The normalized spacial score (nSPS) is 32.2. The van der Waals surface area contributed by atoms with E-state index >= 15 is 0 Å². The van der Waals surface area contributed by atoms with Crippen molar-refractivity contribution in [2.75, 3.05) is 7.05 Å². The highest BCUT2D eigenvalue weighted by Gasteiger charge is 2.36. The molecule has 2 heterocycles. The summed E-state index contributed by atoms with van der Waals surface area (Å²) < 4.78 is 7.26. The molecule has 98 valence electrons. The third-order valence-electron chi connectivity index (χ3n) is 4.40. The van der Waals surface area contributed by atoms with E-state index < -0.39 is 0 Å². The Morgan fingerprint density at radius 1 is 1.22 bits per heavy atom. The van der Waals surface area contributed by atoms with Crippen LogP contribution in [-0.4, -0.2) is 30.1 Å². The van der Waals surface area contributed by atoms with Gasteiger partial charge in [0.25, 0.3) is 0 Å². The molecule has 1 aromatic carbocycles. The maximum absolute atomic E-state index is 6.16. The van der Waals surface area contributed by atoms with Crippen molar-refractivity contribution >= 4 is 15.9 Å². The van der Waals surface area contributed by atoms with Crippen molar-refractivity contribution in [2.45, 2.75) is 50.3 Å². The van der Waals surface area contributed by atoms with Crippen LogP contribution >= 0.6 is 15.9 Å². The van der Waals surface area contributed by atoms with Gasteiger partial charge in [-0.1, -0.05) is 28.4 Å². The Morgan fingerprint density at radius 2 is 1.94 bits per heavy atom. The Bertz CT molecular complexity index is 409. The number of hydrogen-bond acceptors (Lipinski definition) is 2. The second kappa shape index (κ2) is 5.22. The summed E-state index contributed by atoms with van der Waals surface area (Å²) in [6.45, 7) is 0. The summed E-state index contributed by atoms with van der Waals surface area (Å²) in [6, 6.07) is 9.66. The van der Waals surface area contributed by atoms with E-state index in [1.807, 2.05) is 12.1 Å². The molecule has 3 atom stereocenters. The molecule has 3 rings (SSSR count). The first-order valence-corrected chi connectivity index (χ1v) is 7.66. The Morgan fingerprint density at radius 3 is 2.61 bits per heavy atom. The highest BCUT2D eigenvalue weighted by molar-refractivity contribution is 9.10. The van der Waals surface area contributed by atoms with Gasteiger partial charge in [-0.2, -0.15) is 0 Å². The zero-order chi connectivity index (χ0) is 12.5. The molecule has 0 N–H and O–H groups in total. The molecule has 0 amide bonds. The first-order chi connectivity index (χ1) is 8.72. The number of piperidine rings is 2. The average Bonchev–Trinajstić information content (AvgIpc) is 2.30. The smallest absolute Gasteiger partial charge is 0.120 e. The number of halogens is 1. The molecule has 1 aromatic rings. The lowest BCUT2D eigenvalue weighted by atomic mass is 9.83. The highest BCUT2D eigenvalue weighted by Crippen LogP contribution is 2.34. The minimum Gasteiger partial charge on any atom is -0.490 e. The van der Waals surface area contributed by atoms with E-state index in [9.17, 15) is 0 Å². The lowest BCUT2D eigenvalue weighted by Crippen LogP contribution is -2.52. The predicted molar refractivity (Wildman–Crippen MR) is 77.0 cm³/mol. The van der Waals surface area contributed by atoms with E-state index in [2.05, 4.69) is 40.0 Å². The summed E-state index contributed by atoms with van der Waals surface area (Å²) in [5, 5.41) is 0. The van der Waals surface area contributed by atoms with Crippen LogP contribution in [0.1, 0.15) is 32.1 Å². The van der Waals surface area contributed by atoms with E-state index in [0.29, 0.717) is 6.10 Å². The van der Waals surface area contributed by atoms with Crippen LogP contribution in [0.5, 0.6) is 5.75 Å². The van der Waals surface area contributed by atoms with Crippen molar-refractivity contribution < 1.29 is 4.74 Å². The Hall–Kier alpha value is -0.540. The fourth-order valence-electron chi connectivity index (χ4n) is 3.39. The number of fused-ring (bicyclic) bond motifs is 2. The molecular formula is C15H20BrNO. The summed E-state index contributed by atoms with van der Waals surface area (Å²) in [6.07, 6.45) is 6.82. The molecule has 0 radical (unpaired) electrons. The zero-order valence-electron chi connectivity index (χ0n) is 10.8. The molecule has 2 fully saturated rings. The Labute approximate surface area is 117 Å². The number of ether oxygens (including phenoxy) is 1. The molecule has 2 aliphatic rings. The molecule has 3 heteroatoms. The van der Waals surface area contributed by atoms with E-state index in [0.717, 1.165) is 22.3 Å². The quantitative estimate of drug-likeness (QED) is 0.823. The fraction of sp³-hybridized carbons (Fsp3) is 0.600. The SMILES string of the molecule is CN1[C@@H]2CCC[C@H]1CC(Oc1cccc(Br)c1)C2. The first kappa shape index (κ1) is 12.5. The number of benzene rings is 1. The molecule has 2 nitrogen and oxygen atoms in total. The summed E-state index contributed by atoms with van der Waals surface area (Å²) >= 11 is 3.50.